The molecule has 0 bridgehead atoms. The molecule has 0 heterocycles. The first-order chi connectivity index (χ1) is 8.87. The van der Waals surface area contributed by atoms with Crippen LogP contribution in [0.2, 0.25) is 0 Å². The molecule has 0 unspecified atom stereocenters. The molecule has 0 fully saturated rings. The van der Waals surface area contributed by atoms with Gasteiger partial charge in [0.15, 0.2) is 9.84 Å². The van der Waals surface area contributed by atoms with Crippen LogP contribution in [-0.2, 0) is 19.9 Å². The van der Waals surface area contributed by atoms with Crippen LogP contribution in [0.4, 0.5) is 5.69 Å². The number of hydrogen-bond donors (Lipinski definition) is 2. The molecule has 0 saturated carbocycles. The number of sulfonamides is 1. The highest BCUT2D eigenvalue weighted by Crippen LogP contribution is 2.20. The van der Waals surface area contributed by atoms with Crippen molar-refractivity contribution in [2.75, 3.05) is 18.5 Å². The molecule has 0 aromatic heterocycles. The molecule has 0 saturated heterocycles. The lowest BCUT2D eigenvalue weighted by Crippen LogP contribution is -2.43. The lowest BCUT2D eigenvalue weighted by molar-refractivity contribution is 0.537. The van der Waals surface area contributed by atoms with Crippen LogP contribution in [0.25, 0.3) is 0 Å². The molecular formula is C12H20N2O4S2. The van der Waals surface area contributed by atoms with Gasteiger partial charge in [-0.1, -0.05) is 6.07 Å². The van der Waals surface area contributed by atoms with Gasteiger partial charge in [-0.2, -0.15) is 0 Å². The van der Waals surface area contributed by atoms with Crippen LogP contribution in [0.5, 0.6) is 0 Å². The second-order valence-electron chi connectivity index (χ2n) is 5.40. The average Bonchev–Trinajstić information content (AvgIpc) is 2.24. The minimum Gasteiger partial charge on any atom is -0.398 e. The molecule has 3 N–H and O–H groups in total. The van der Waals surface area contributed by atoms with Crippen LogP contribution in [0.15, 0.2) is 23.1 Å². The largest absolute Gasteiger partial charge is 0.398 e. The molecule has 0 aliphatic heterocycles. The Kier molecular flexibility index (Phi) is 4.52. The Morgan fingerprint density at radius 2 is 1.75 bits per heavy atom. The summed E-state index contributed by atoms with van der Waals surface area (Å²) in [7, 11) is -7.22. The SMILES string of the molecule is Cc1ccc(S(=O)(=O)NCC(C)(C)S(C)(=O)=O)c(N)c1. The Morgan fingerprint density at radius 3 is 2.20 bits per heavy atom. The number of sulfone groups is 1. The summed E-state index contributed by atoms with van der Waals surface area (Å²) >= 11 is 0. The second kappa shape index (κ2) is 5.34. The van der Waals surface area contributed by atoms with Gasteiger partial charge in [-0.05, 0) is 38.5 Å². The Hall–Kier alpha value is -1.12. The number of nitrogen functional groups attached to an aromatic ring is 1. The number of rotatable bonds is 5. The number of nitrogens with one attached hydrogen (secondary N) is 1. The van der Waals surface area contributed by atoms with Crippen LogP contribution in [-0.4, -0.2) is 34.4 Å². The fraction of sp³-hybridized carbons (Fsp3) is 0.500. The van der Waals surface area contributed by atoms with E-state index < -0.39 is 24.6 Å². The van der Waals surface area contributed by atoms with Crippen molar-refractivity contribution >= 4 is 25.5 Å². The summed E-state index contributed by atoms with van der Waals surface area (Å²) in [6.45, 7) is 4.50. The molecule has 0 amide bonds. The van der Waals surface area contributed by atoms with Crippen LogP contribution >= 0.6 is 0 Å². The average molecular weight is 320 g/mol. The lowest BCUT2D eigenvalue weighted by Gasteiger charge is -2.22. The summed E-state index contributed by atoms with van der Waals surface area (Å²) in [5.41, 5.74) is 6.67. The van der Waals surface area contributed by atoms with E-state index in [1.807, 2.05) is 0 Å². The third kappa shape index (κ3) is 3.71. The lowest BCUT2D eigenvalue weighted by atomic mass is 10.2. The molecule has 1 aromatic rings. The minimum atomic E-state index is -3.84. The first-order valence-electron chi connectivity index (χ1n) is 5.92. The van der Waals surface area contributed by atoms with E-state index in [2.05, 4.69) is 4.72 Å². The van der Waals surface area contributed by atoms with Crippen LogP contribution in [0.3, 0.4) is 0 Å². The van der Waals surface area contributed by atoms with Gasteiger partial charge < -0.3 is 5.73 Å². The summed E-state index contributed by atoms with van der Waals surface area (Å²) in [5.74, 6) is 0. The van der Waals surface area contributed by atoms with Crippen LogP contribution in [0, 0.1) is 6.92 Å². The van der Waals surface area contributed by atoms with E-state index in [0.29, 0.717) is 0 Å². The zero-order valence-corrected chi connectivity index (χ0v) is 13.6. The molecule has 8 heteroatoms. The van der Waals surface area contributed by atoms with Crippen molar-refractivity contribution in [3.05, 3.63) is 23.8 Å². The Morgan fingerprint density at radius 1 is 1.20 bits per heavy atom. The van der Waals surface area contributed by atoms with Gasteiger partial charge in [0.25, 0.3) is 0 Å². The maximum atomic E-state index is 12.2. The van der Waals surface area contributed by atoms with Crippen molar-refractivity contribution in [3.8, 4) is 0 Å². The standard InChI is InChI=1S/C12H20N2O4S2/c1-9-5-6-11(10(13)7-9)20(17,18)14-8-12(2,3)19(4,15)16/h5-7,14H,8,13H2,1-4H3. The van der Waals surface area contributed by atoms with Gasteiger partial charge in [0.05, 0.1) is 10.4 Å². The van der Waals surface area contributed by atoms with E-state index in [1.165, 1.54) is 19.9 Å². The Bertz CT molecular complexity index is 707. The number of aryl methyl sites for hydroxylation is 1. The van der Waals surface area contributed by atoms with Crippen molar-refractivity contribution in [1.82, 2.24) is 4.72 Å². The number of benzene rings is 1. The fourth-order valence-corrected chi connectivity index (χ4v) is 3.14. The molecular weight excluding hydrogens is 300 g/mol. The zero-order valence-electron chi connectivity index (χ0n) is 12.0. The first-order valence-corrected chi connectivity index (χ1v) is 9.30. The summed E-state index contributed by atoms with van der Waals surface area (Å²) < 4.78 is 48.5. The van der Waals surface area contributed by atoms with Gasteiger partial charge in [0.1, 0.15) is 4.90 Å². The monoisotopic (exact) mass is 320 g/mol. The molecule has 114 valence electrons. The number of nitrogens with two attached hydrogens (primary N) is 1. The first kappa shape index (κ1) is 16.9. The highest BCUT2D eigenvalue weighted by atomic mass is 32.2. The predicted octanol–water partition coefficient (Wildman–Crippen LogP) is 0.679. The van der Waals surface area contributed by atoms with E-state index in [0.717, 1.165) is 11.8 Å². The van der Waals surface area contributed by atoms with E-state index in [9.17, 15) is 16.8 Å². The third-order valence-corrected chi connectivity index (χ3v) is 6.77. The van der Waals surface area contributed by atoms with Crippen LogP contribution in [0.1, 0.15) is 19.4 Å². The normalized spacial score (nSPS) is 13.4. The number of hydrogen-bond acceptors (Lipinski definition) is 5. The quantitative estimate of drug-likeness (QED) is 0.776. The van der Waals surface area contributed by atoms with Gasteiger partial charge in [0.2, 0.25) is 10.0 Å². The van der Waals surface area contributed by atoms with E-state index in [4.69, 9.17) is 5.73 Å². The van der Waals surface area contributed by atoms with E-state index in [-0.39, 0.29) is 17.1 Å². The maximum absolute atomic E-state index is 12.2. The van der Waals surface area contributed by atoms with Gasteiger partial charge in [-0.25, -0.2) is 21.6 Å². The molecule has 0 aliphatic carbocycles. The molecule has 20 heavy (non-hydrogen) atoms. The van der Waals surface area contributed by atoms with Crippen LogP contribution < -0.4 is 10.5 Å². The summed E-state index contributed by atoms with van der Waals surface area (Å²) in [6, 6.07) is 4.59. The van der Waals surface area contributed by atoms with Gasteiger partial charge in [0, 0.05) is 12.8 Å². The fourth-order valence-electron chi connectivity index (χ4n) is 1.39. The molecule has 0 atom stereocenters. The third-order valence-electron chi connectivity index (χ3n) is 3.15. The van der Waals surface area contributed by atoms with Crippen molar-refractivity contribution in [3.63, 3.8) is 0 Å². The molecule has 0 spiro atoms. The van der Waals surface area contributed by atoms with E-state index >= 15 is 0 Å². The highest BCUT2D eigenvalue weighted by molar-refractivity contribution is 7.92. The summed E-state index contributed by atoms with van der Waals surface area (Å²) in [5, 5.41) is 0. The topological polar surface area (TPSA) is 106 Å². The summed E-state index contributed by atoms with van der Waals surface area (Å²) in [4.78, 5) is -0.0487. The highest BCUT2D eigenvalue weighted by Gasteiger charge is 2.32. The van der Waals surface area contributed by atoms with Gasteiger partial charge >= 0.3 is 0 Å². The van der Waals surface area contributed by atoms with Crippen molar-refractivity contribution in [2.45, 2.75) is 30.4 Å². The number of anilines is 1. The van der Waals surface area contributed by atoms with Crippen molar-refractivity contribution in [1.29, 1.82) is 0 Å². The Labute approximate surface area is 120 Å². The minimum absolute atomic E-state index is 0.0487. The molecule has 1 rings (SSSR count). The molecule has 0 radical (unpaired) electrons. The van der Waals surface area contributed by atoms with Crippen molar-refractivity contribution in [2.24, 2.45) is 0 Å². The molecule has 6 nitrogen and oxygen atoms in total. The van der Waals surface area contributed by atoms with E-state index in [1.54, 1.807) is 19.1 Å². The maximum Gasteiger partial charge on any atom is 0.242 e. The van der Waals surface area contributed by atoms with Gasteiger partial charge in [-0.15, -0.1) is 0 Å². The predicted molar refractivity (Wildman–Crippen MR) is 79.7 cm³/mol. The smallest absolute Gasteiger partial charge is 0.242 e. The molecule has 1 aromatic carbocycles. The second-order valence-corrected chi connectivity index (χ2v) is 9.78. The van der Waals surface area contributed by atoms with Crippen molar-refractivity contribution < 1.29 is 16.8 Å². The molecule has 0 aliphatic rings. The Balaban J connectivity index is 3.03. The van der Waals surface area contributed by atoms with Gasteiger partial charge in [-0.3, -0.25) is 0 Å². The zero-order chi connectivity index (χ0) is 15.8. The summed E-state index contributed by atoms with van der Waals surface area (Å²) in [6.07, 6.45) is 1.07.